The SMILES string of the molecule is CC(C)(C)c1ccc(O)c(C(c2ccccc2)c2c[nH]c3ccccc23)c1. The second-order valence-corrected chi connectivity index (χ2v) is 8.16. The van der Waals surface area contributed by atoms with Crippen molar-refractivity contribution in [2.75, 3.05) is 0 Å². The topological polar surface area (TPSA) is 36.0 Å². The highest BCUT2D eigenvalue weighted by Crippen LogP contribution is 2.41. The average Bonchev–Trinajstić information content (AvgIpc) is 3.07. The molecular weight excluding hydrogens is 330 g/mol. The van der Waals surface area contributed by atoms with Crippen molar-refractivity contribution in [1.29, 1.82) is 0 Å². The zero-order valence-electron chi connectivity index (χ0n) is 16.0. The Balaban J connectivity index is 1.98. The molecule has 1 unspecified atom stereocenters. The predicted molar refractivity (Wildman–Crippen MR) is 112 cm³/mol. The van der Waals surface area contributed by atoms with Gasteiger partial charge in [0, 0.05) is 28.6 Å². The molecule has 0 aliphatic carbocycles. The molecule has 0 saturated heterocycles. The minimum absolute atomic E-state index is 0.0178. The van der Waals surface area contributed by atoms with Crippen LogP contribution >= 0.6 is 0 Å². The van der Waals surface area contributed by atoms with Crippen LogP contribution in [-0.2, 0) is 5.41 Å². The fraction of sp³-hybridized carbons (Fsp3) is 0.200. The Labute approximate surface area is 160 Å². The van der Waals surface area contributed by atoms with Crippen molar-refractivity contribution in [2.45, 2.75) is 32.1 Å². The van der Waals surface area contributed by atoms with Crippen LogP contribution in [0.5, 0.6) is 5.75 Å². The molecule has 0 aliphatic heterocycles. The van der Waals surface area contributed by atoms with E-state index in [9.17, 15) is 5.11 Å². The molecule has 0 fully saturated rings. The molecule has 2 N–H and O–H groups in total. The van der Waals surface area contributed by atoms with E-state index in [1.807, 2.05) is 24.3 Å². The van der Waals surface area contributed by atoms with Crippen LogP contribution in [-0.4, -0.2) is 10.1 Å². The maximum atomic E-state index is 10.8. The predicted octanol–water partition coefficient (Wildman–Crippen LogP) is 6.35. The molecule has 4 aromatic rings. The summed E-state index contributed by atoms with van der Waals surface area (Å²) in [6, 6.07) is 24.8. The lowest BCUT2D eigenvalue weighted by Gasteiger charge is -2.24. The number of phenolic OH excluding ortho intramolecular Hbond substituents is 1. The molecule has 1 heterocycles. The van der Waals surface area contributed by atoms with Crippen LogP contribution < -0.4 is 0 Å². The number of aromatic amines is 1. The Hall–Kier alpha value is -3.00. The van der Waals surface area contributed by atoms with E-state index in [2.05, 4.69) is 80.5 Å². The maximum Gasteiger partial charge on any atom is 0.119 e. The quantitative estimate of drug-likeness (QED) is 0.441. The van der Waals surface area contributed by atoms with Gasteiger partial charge >= 0.3 is 0 Å². The first-order valence-electron chi connectivity index (χ1n) is 9.39. The molecule has 1 atom stereocenters. The number of aromatic hydroxyl groups is 1. The molecule has 0 saturated carbocycles. The minimum Gasteiger partial charge on any atom is -0.508 e. The summed E-state index contributed by atoms with van der Waals surface area (Å²) in [7, 11) is 0. The number of benzene rings is 3. The van der Waals surface area contributed by atoms with Crippen LogP contribution in [0, 0.1) is 0 Å². The highest BCUT2D eigenvalue weighted by atomic mass is 16.3. The Bertz CT molecular complexity index is 1070. The number of aromatic nitrogens is 1. The van der Waals surface area contributed by atoms with Gasteiger partial charge in [-0.05, 0) is 34.2 Å². The third kappa shape index (κ3) is 3.23. The van der Waals surface area contributed by atoms with Gasteiger partial charge in [0.25, 0.3) is 0 Å². The molecular formula is C25H25NO. The Kier molecular flexibility index (Phi) is 4.27. The lowest BCUT2D eigenvalue weighted by molar-refractivity contribution is 0.465. The van der Waals surface area contributed by atoms with Crippen molar-refractivity contribution in [1.82, 2.24) is 4.98 Å². The van der Waals surface area contributed by atoms with E-state index in [1.165, 1.54) is 22.1 Å². The summed E-state index contributed by atoms with van der Waals surface area (Å²) >= 11 is 0. The number of fused-ring (bicyclic) bond motifs is 1. The van der Waals surface area contributed by atoms with E-state index in [0.29, 0.717) is 5.75 Å². The second kappa shape index (κ2) is 6.62. The monoisotopic (exact) mass is 355 g/mol. The number of nitrogens with one attached hydrogen (secondary N) is 1. The molecule has 2 nitrogen and oxygen atoms in total. The molecule has 27 heavy (non-hydrogen) atoms. The van der Waals surface area contributed by atoms with Gasteiger partial charge in [-0.15, -0.1) is 0 Å². The third-order valence-corrected chi connectivity index (χ3v) is 5.27. The van der Waals surface area contributed by atoms with E-state index < -0.39 is 0 Å². The summed E-state index contributed by atoms with van der Waals surface area (Å²) in [6.07, 6.45) is 2.07. The number of hydrogen-bond donors (Lipinski definition) is 2. The van der Waals surface area contributed by atoms with Gasteiger partial charge in [-0.2, -0.15) is 0 Å². The lowest BCUT2D eigenvalue weighted by Crippen LogP contribution is -2.12. The van der Waals surface area contributed by atoms with Gasteiger partial charge in [0.1, 0.15) is 5.75 Å². The first kappa shape index (κ1) is 17.4. The summed E-state index contributed by atoms with van der Waals surface area (Å²) in [5.74, 6) is 0.298. The van der Waals surface area contributed by atoms with E-state index in [-0.39, 0.29) is 11.3 Å². The third-order valence-electron chi connectivity index (χ3n) is 5.27. The molecule has 0 aliphatic rings. The van der Waals surface area contributed by atoms with Crippen molar-refractivity contribution >= 4 is 10.9 Å². The molecule has 4 rings (SSSR count). The van der Waals surface area contributed by atoms with Crippen molar-refractivity contribution < 1.29 is 5.11 Å². The fourth-order valence-electron chi connectivity index (χ4n) is 3.76. The van der Waals surface area contributed by atoms with E-state index >= 15 is 0 Å². The van der Waals surface area contributed by atoms with Crippen molar-refractivity contribution in [2.24, 2.45) is 0 Å². The lowest BCUT2D eigenvalue weighted by atomic mass is 9.80. The highest BCUT2D eigenvalue weighted by molar-refractivity contribution is 5.85. The van der Waals surface area contributed by atoms with Gasteiger partial charge in [-0.25, -0.2) is 0 Å². The molecule has 2 heteroatoms. The molecule has 0 radical (unpaired) electrons. The van der Waals surface area contributed by atoms with E-state index in [4.69, 9.17) is 0 Å². The van der Waals surface area contributed by atoms with Crippen LogP contribution in [0.4, 0.5) is 0 Å². The van der Waals surface area contributed by atoms with Crippen LogP contribution in [0.25, 0.3) is 10.9 Å². The Morgan fingerprint density at radius 3 is 2.26 bits per heavy atom. The summed E-state index contributed by atoms with van der Waals surface area (Å²) < 4.78 is 0. The number of phenols is 1. The average molecular weight is 355 g/mol. The smallest absolute Gasteiger partial charge is 0.119 e. The Morgan fingerprint density at radius 2 is 1.52 bits per heavy atom. The molecule has 3 aromatic carbocycles. The van der Waals surface area contributed by atoms with Gasteiger partial charge in [0.2, 0.25) is 0 Å². The minimum atomic E-state index is -0.0374. The van der Waals surface area contributed by atoms with E-state index in [0.717, 1.165) is 11.1 Å². The van der Waals surface area contributed by atoms with Crippen LogP contribution in [0.3, 0.4) is 0 Å². The van der Waals surface area contributed by atoms with Crippen molar-refractivity contribution in [3.05, 3.63) is 101 Å². The first-order valence-corrected chi connectivity index (χ1v) is 9.39. The van der Waals surface area contributed by atoms with E-state index in [1.54, 1.807) is 0 Å². The number of para-hydroxylation sites is 1. The van der Waals surface area contributed by atoms with Gasteiger partial charge in [0.05, 0.1) is 0 Å². The molecule has 0 spiro atoms. The summed E-state index contributed by atoms with van der Waals surface area (Å²) in [5, 5.41) is 12.0. The summed E-state index contributed by atoms with van der Waals surface area (Å²) in [5.41, 5.74) is 5.64. The summed E-state index contributed by atoms with van der Waals surface area (Å²) in [6.45, 7) is 6.60. The molecule has 0 bridgehead atoms. The van der Waals surface area contributed by atoms with Gasteiger partial charge < -0.3 is 10.1 Å². The number of H-pyrrole nitrogens is 1. The van der Waals surface area contributed by atoms with Crippen LogP contribution in [0.1, 0.15) is 48.9 Å². The van der Waals surface area contributed by atoms with Crippen LogP contribution in [0.2, 0.25) is 0 Å². The van der Waals surface area contributed by atoms with Gasteiger partial charge in [-0.3, -0.25) is 0 Å². The fourth-order valence-corrected chi connectivity index (χ4v) is 3.76. The maximum absolute atomic E-state index is 10.8. The normalized spacial score (nSPS) is 13.0. The number of hydrogen-bond acceptors (Lipinski definition) is 1. The number of rotatable bonds is 3. The molecule has 1 aromatic heterocycles. The molecule has 0 amide bonds. The second-order valence-electron chi connectivity index (χ2n) is 8.16. The first-order chi connectivity index (χ1) is 12.9. The van der Waals surface area contributed by atoms with Crippen LogP contribution in [0.15, 0.2) is 79.0 Å². The van der Waals surface area contributed by atoms with Gasteiger partial charge in [-0.1, -0.05) is 81.4 Å². The Morgan fingerprint density at radius 1 is 0.815 bits per heavy atom. The highest BCUT2D eigenvalue weighted by Gasteiger charge is 2.25. The standard InChI is InChI=1S/C25H25NO/c1-25(2,3)18-13-14-23(27)20(15-18)24(17-9-5-4-6-10-17)21-16-26-22-12-8-7-11-19(21)22/h4-16,24,26-27H,1-3H3. The zero-order chi connectivity index (χ0) is 19.0. The van der Waals surface area contributed by atoms with Crippen molar-refractivity contribution in [3.63, 3.8) is 0 Å². The zero-order valence-corrected chi connectivity index (χ0v) is 16.0. The largest absolute Gasteiger partial charge is 0.508 e. The van der Waals surface area contributed by atoms with Crippen molar-refractivity contribution in [3.8, 4) is 5.75 Å². The molecule has 136 valence electrons. The van der Waals surface area contributed by atoms with Gasteiger partial charge in [0.15, 0.2) is 0 Å². The summed E-state index contributed by atoms with van der Waals surface area (Å²) in [4.78, 5) is 3.39.